The quantitative estimate of drug-likeness (QED) is 0.693. The molecule has 0 heterocycles. The van der Waals surface area contributed by atoms with Gasteiger partial charge in [-0.3, -0.25) is 4.79 Å². The molecule has 6 nitrogen and oxygen atoms in total. The van der Waals surface area contributed by atoms with E-state index in [2.05, 4.69) is 5.32 Å². The predicted octanol–water partition coefficient (Wildman–Crippen LogP) is 0.317. The lowest BCUT2D eigenvalue weighted by atomic mass is 9.77. The highest BCUT2D eigenvalue weighted by molar-refractivity contribution is 7.90. The first-order chi connectivity index (χ1) is 9.26. The Morgan fingerprint density at radius 1 is 1.40 bits per heavy atom. The van der Waals surface area contributed by atoms with Crippen LogP contribution in [0.25, 0.3) is 0 Å². The average molecular weight is 298 g/mol. The van der Waals surface area contributed by atoms with Gasteiger partial charge in [0.1, 0.15) is 0 Å². The van der Waals surface area contributed by atoms with E-state index in [1.807, 2.05) is 0 Å². The van der Waals surface area contributed by atoms with Crippen LogP contribution in [0.5, 0.6) is 0 Å². The van der Waals surface area contributed by atoms with Crippen LogP contribution in [0.4, 0.5) is 5.69 Å². The molecule has 2 rings (SSSR count). The summed E-state index contributed by atoms with van der Waals surface area (Å²) in [4.78, 5) is 12.2. The molecule has 4 N–H and O–H groups in total. The minimum atomic E-state index is -3.43. The highest BCUT2D eigenvalue weighted by Crippen LogP contribution is 2.31. The summed E-state index contributed by atoms with van der Waals surface area (Å²) >= 11 is 0. The molecular weight excluding hydrogens is 280 g/mol. The minimum absolute atomic E-state index is 0.00862. The fourth-order valence-corrected chi connectivity index (χ4v) is 2.90. The number of benzene rings is 1. The number of amides is 1. The number of anilines is 1. The zero-order chi connectivity index (χ0) is 15.0. The van der Waals surface area contributed by atoms with Crippen LogP contribution in [-0.2, 0) is 9.84 Å². The van der Waals surface area contributed by atoms with Crippen molar-refractivity contribution in [3.8, 4) is 0 Å². The number of aliphatic hydroxyl groups is 1. The van der Waals surface area contributed by atoms with Gasteiger partial charge in [0.2, 0.25) is 0 Å². The number of rotatable bonds is 4. The lowest BCUT2D eigenvalue weighted by Gasteiger charge is -2.41. The zero-order valence-electron chi connectivity index (χ0n) is 11.2. The van der Waals surface area contributed by atoms with Crippen LogP contribution in [0, 0.1) is 0 Å². The molecule has 0 spiro atoms. The standard InChI is InChI=1S/C13H18N2O4S/c1-20(18,19)11-6-9(5-10(14)7-11)12(17)15-13(8-16)3-2-4-13/h5-7,16H,2-4,8,14H2,1H3,(H,15,17). The van der Waals surface area contributed by atoms with Crippen LogP contribution >= 0.6 is 0 Å². The van der Waals surface area contributed by atoms with E-state index in [1.54, 1.807) is 0 Å². The van der Waals surface area contributed by atoms with Crippen LogP contribution < -0.4 is 11.1 Å². The van der Waals surface area contributed by atoms with Gasteiger partial charge in [0.25, 0.3) is 5.91 Å². The van der Waals surface area contributed by atoms with E-state index < -0.39 is 21.3 Å². The molecule has 1 aliphatic rings. The molecule has 1 aromatic carbocycles. The fraction of sp³-hybridized carbons (Fsp3) is 0.462. The summed E-state index contributed by atoms with van der Waals surface area (Å²) in [5.74, 6) is -0.420. The van der Waals surface area contributed by atoms with E-state index in [0.717, 1.165) is 25.5 Å². The van der Waals surface area contributed by atoms with Gasteiger partial charge in [-0.1, -0.05) is 0 Å². The van der Waals surface area contributed by atoms with Crippen LogP contribution in [0.1, 0.15) is 29.6 Å². The van der Waals surface area contributed by atoms with Crippen LogP contribution in [0.2, 0.25) is 0 Å². The molecule has 20 heavy (non-hydrogen) atoms. The molecule has 0 saturated heterocycles. The topological polar surface area (TPSA) is 109 Å². The molecule has 1 fully saturated rings. The van der Waals surface area contributed by atoms with Gasteiger partial charge in [-0.25, -0.2) is 8.42 Å². The second-order valence-corrected chi connectivity index (χ2v) is 7.32. The molecule has 0 atom stereocenters. The van der Waals surface area contributed by atoms with Crippen LogP contribution in [0.3, 0.4) is 0 Å². The number of nitrogens with two attached hydrogens (primary N) is 1. The Morgan fingerprint density at radius 3 is 2.50 bits per heavy atom. The largest absolute Gasteiger partial charge is 0.399 e. The summed E-state index contributed by atoms with van der Waals surface area (Å²) in [6.45, 7) is -0.125. The van der Waals surface area contributed by atoms with E-state index in [4.69, 9.17) is 5.73 Å². The maximum atomic E-state index is 12.2. The SMILES string of the molecule is CS(=O)(=O)c1cc(N)cc(C(=O)NC2(CO)CCC2)c1. The summed E-state index contributed by atoms with van der Waals surface area (Å²) in [5.41, 5.74) is 5.46. The summed E-state index contributed by atoms with van der Waals surface area (Å²) in [6, 6.07) is 4.04. The van der Waals surface area contributed by atoms with E-state index >= 15 is 0 Å². The summed E-state index contributed by atoms with van der Waals surface area (Å²) in [5, 5.41) is 12.1. The number of aliphatic hydroxyl groups excluding tert-OH is 1. The van der Waals surface area contributed by atoms with Crippen molar-refractivity contribution in [1.29, 1.82) is 0 Å². The number of nitrogens with one attached hydrogen (secondary N) is 1. The Morgan fingerprint density at radius 2 is 2.05 bits per heavy atom. The molecule has 0 aromatic heterocycles. The molecule has 1 aliphatic carbocycles. The Bertz CT molecular complexity index is 630. The number of hydrogen-bond donors (Lipinski definition) is 3. The smallest absolute Gasteiger partial charge is 0.251 e. The molecule has 1 amide bonds. The van der Waals surface area contributed by atoms with Crippen molar-refractivity contribution in [2.45, 2.75) is 29.7 Å². The van der Waals surface area contributed by atoms with Gasteiger partial charge >= 0.3 is 0 Å². The van der Waals surface area contributed by atoms with Crippen LogP contribution in [-0.4, -0.2) is 37.8 Å². The second kappa shape index (κ2) is 5.06. The van der Waals surface area contributed by atoms with Crippen molar-refractivity contribution in [3.05, 3.63) is 23.8 Å². The van der Waals surface area contributed by atoms with E-state index in [-0.39, 0.29) is 22.8 Å². The van der Waals surface area contributed by atoms with Gasteiger partial charge in [-0.2, -0.15) is 0 Å². The van der Waals surface area contributed by atoms with Crippen molar-refractivity contribution in [2.24, 2.45) is 0 Å². The number of carbonyl (C=O) groups excluding carboxylic acids is 1. The van der Waals surface area contributed by atoms with Crippen molar-refractivity contribution in [2.75, 3.05) is 18.6 Å². The predicted molar refractivity (Wildman–Crippen MR) is 75.1 cm³/mol. The van der Waals surface area contributed by atoms with Gasteiger partial charge in [-0.05, 0) is 37.5 Å². The van der Waals surface area contributed by atoms with Gasteiger partial charge in [0.15, 0.2) is 9.84 Å². The number of sulfone groups is 1. The monoisotopic (exact) mass is 298 g/mol. The third-order valence-corrected chi connectivity index (χ3v) is 4.70. The summed E-state index contributed by atoms with van der Waals surface area (Å²) in [6.07, 6.45) is 3.45. The minimum Gasteiger partial charge on any atom is -0.399 e. The Kier molecular flexibility index (Phi) is 3.75. The molecule has 7 heteroatoms. The van der Waals surface area contributed by atoms with E-state index in [9.17, 15) is 18.3 Å². The maximum absolute atomic E-state index is 12.2. The van der Waals surface area contributed by atoms with E-state index in [0.29, 0.717) is 0 Å². The zero-order valence-corrected chi connectivity index (χ0v) is 12.0. The molecular formula is C13H18N2O4S. The molecule has 0 bridgehead atoms. The molecule has 0 unspecified atom stereocenters. The highest BCUT2D eigenvalue weighted by atomic mass is 32.2. The van der Waals surface area contributed by atoms with Gasteiger partial charge < -0.3 is 16.2 Å². The lowest BCUT2D eigenvalue weighted by molar-refractivity contribution is 0.0641. The highest BCUT2D eigenvalue weighted by Gasteiger charge is 2.37. The van der Waals surface area contributed by atoms with Crippen molar-refractivity contribution >= 4 is 21.4 Å². The fourth-order valence-electron chi connectivity index (χ4n) is 2.21. The molecule has 0 aliphatic heterocycles. The Hall–Kier alpha value is -1.60. The third-order valence-electron chi connectivity index (χ3n) is 3.61. The number of carbonyl (C=O) groups is 1. The first kappa shape index (κ1) is 14.8. The van der Waals surface area contributed by atoms with Crippen molar-refractivity contribution in [3.63, 3.8) is 0 Å². The molecule has 1 saturated carbocycles. The van der Waals surface area contributed by atoms with Gasteiger partial charge in [-0.15, -0.1) is 0 Å². The lowest BCUT2D eigenvalue weighted by Crippen LogP contribution is -2.56. The molecule has 1 aromatic rings. The van der Waals surface area contributed by atoms with Crippen molar-refractivity contribution < 1.29 is 18.3 Å². The summed E-state index contributed by atoms with van der Waals surface area (Å²) < 4.78 is 23.1. The van der Waals surface area contributed by atoms with Crippen LogP contribution in [0.15, 0.2) is 23.1 Å². The number of hydrogen-bond acceptors (Lipinski definition) is 5. The maximum Gasteiger partial charge on any atom is 0.251 e. The Labute approximate surface area is 117 Å². The second-order valence-electron chi connectivity index (χ2n) is 5.31. The third kappa shape index (κ3) is 2.94. The molecule has 0 radical (unpaired) electrons. The van der Waals surface area contributed by atoms with Gasteiger partial charge in [0.05, 0.1) is 17.0 Å². The van der Waals surface area contributed by atoms with Crippen molar-refractivity contribution in [1.82, 2.24) is 5.32 Å². The van der Waals surface area contributed by atoms with Gasteiger partial charge in [0, 0.05) is 17.5 Å². The molecule has 110 valence electrons. The number of nitrogen functional groups attached to an aromatic ring is 1. The first-order valence-electron chi connectivity index (χ1n) is 6.30. The normalized spacial score (nSPS) is 17.3. The van der Waals surface area contributed by atoms with E-state index in [1.165, 1.54) is 18.2 Å². The summed E-state index contributed by atoms with van der Waals surface area (Å²) in [7, 11) is -3.43. The first-order valence-corrected chi connectivity index (χ1v) is 8.19. The Balaban J connectivity index is 2.28. The average Bonchev–Trinajstić information content (AvgIpc) is 2.31.